The third-order valence-corrected chi connectivity index (χ3v) is 3.55. The van der Waals surface area contributed by atoms with E-state index in [1.807, 2.05) is 6.07 Å². The van der Waals surface area contributed by atoms with E-state index in [9.17, 15) is 4.79 Å². The zero-order valence-electron chi connectivity index (χ0n) is 13.3. The van der Waals surface area contributed by atoms with Crippen LogP contribution in [0.15, 0.2) is 53.4 Å². The molecule has 1 amide bonds. The van der Waals surface area contributed by atoms with Crippen molar-refractivity contribution in [1.29, 1.82) is 0 Å². The minimum Gasteiger partial charge on any atom is -0.495 e. The highest BCUT2D eigenvalue weighted by Gasteiger charge is 2.12. The van der Waals surface area contributed by atoms with Gasteiger partial charge in [0, 0.05) is 5.02 Å². The van der Waals surface area contributed by atoms with Crippen LogP contribution < -0.4 is 15.4 Å². The molecule has 25 heavy (non-hydrogen) atoms. The van der Waals surface area contributed by atoms with Crippen molar-refractivity contribution in [1.82, 2.24) is 9.97 Å². The lowest BCUT2D eigenvalue weighted by atomic mass is 10.2. The van der Waals surface area contributed by atoms with Gasteiger partial charge in [-0.05, 0) is 30.3 Å². The van der Waals surface area contributed by atoms with Crippen molar-refractivity contribution in [3.05, 3.63) is 65.5 Å². The highest BCUT2D eigenvalue weighted by molar-refractivity contribution is 6.31. The van der Waals surface area contributed by atoms with Crippen LogP contribution in [0, 0.1) is 0 Å². The Hall–Kier alpha value is -3.06. The van der Waals surface area contributed by atoms with E-state index in [1.165, 1.54) is 19.5 Å². The summed E-state index contributed by atoms with van der Waals surface area (Å²) in [5.41, 5.74) is 0.632. The summed E-state index contributed by atoms with van der Waals surface area (Å²) in [4.78, 5) is 20.6. The van der Waals surface area contributed by atoms with Crippen molar-refractivity contribution in [3.63, 3.8) is 0 Å². The zero-order valence-corrected chi connectivity index (χ0v) is 14.1. The van der Waals surface area contributed by atoms with E-state index in [0.717, 1.165) is 5.76 Å². The number of ether oxygens (including phenoxy) is 1. The first-order valence-electron chi connectivity index (χ1n) is 7.39. The van der Waals surface area contributed by atoms with Crippen LogP contribution in [0.5, 0.6) is 5.75 Å². The summed E-state index contributed by atoms with van der Waals surface area (Å²) >= 11 is 5.95. The number of hydrogen-bond donors (Lipinski definition) is 2. The van der Waals surface area contributed by atoms with E-state index in [-0.39, 0.29) is 5.69 Å². The molecule has 8 heteroatoms. The van der Waals surface area contributed by atoms with Gasteiger partial charge in [-0.1, -0.05) is 11.6 Å². The fraction of sp³-hybridized carbons (Fsp3) is 0.118. The molecule has 0 fully saturated rings. The third kappa shape index (κ3) is 4.27. The highest BCUT2D eigenvalue weighted by Crippen LogP contribution is 2.27. The second-order valence-electron chi connectivity index (χ2n) is 5.02. The summed E-state index contributed by atoms with van der Waals surface area (Å²) in [5.74, 6) is 1.40. The number of amides is 1. The van der Waals surface area contributed by atoms with E-state index in [1.54, 1.807) is 30.5 Å². The number of anilines is 2. The Labute approximate surface area is 149 Å². The van der Waals surface area contributed by atoms with E-state index < -0.39 is 5.91 Å². The number of nitrogens with one attached hydrogen (secondary N) is 2. The van der Waals surface area contributed by atoms with E-state index >= 15 is 0 Å². The summed E-state index contributed by atoms with van der Waals surface area (Å²) in [6, 6.07) is 8.60. The van der Waals surface area contributed by atoms with Gasteiger partial charge in [-0.3, -0.25) is 4.79 Å². The summed E-state index contributed by atoms with van der Waals surface area (Å²) in [5, 5.41) is 6.24. The molecule has 3 rings (SSSR count). The molecule has 0 aliphatic carbocycles. The highest BCUT2D eigenvalue weighted by atomic mass is 35.5. The van der Waals surface area contributed by atoms with Crippen LogP contribution in [0.4, 0.5) is 11.5 Å². The maximum Gasteiger partial charge on any atom is 0.275 e. The molecular weight excluding hydrogens is 344 g/mol. The number of halogens is 1. The van der Waals surface area contributed by atoms with Crippen molar-refractivity contribution in [3.8, 4) is 5.75 Å². The van der Waals surface area contributed by atoms with E-state index in [4.69, 9.17) is 20.8 Å². The molecule has 128 valence electrons. The number of furan rings is 1. The Morgan fingerprint density at radius 1 is 1.28 bits per heavy atom. The van der Waals surface area contributed by atoms with Gasteiger partial charge in [0.2, 0.25) is 0 Å². The van der Waals surface area contributed by atoms with Crippen LogP contribution in [0.1, 0.15) is 16.2 Å². The molecule has 7 nitrogen and oxygen atoms in total. The zero-order chi connectivity index (χ0) is 17.6. The van der Waals surface area contributed by atoms with Crippen LogP contribution in [-0.2, 0) is 6.54 Å². The van der Waals surface area contributed by atoms with Crippen LogP contribution >= 0.6 is 11.6 Å². The molecule has 0 saturated carbocycles. The minimum atomic E-state index is -0.411. The predicted molar refractivity (Wildman–Crippen MR) is 94.0 cm³/mol. The lowest BCUT2D eigenvalue weighted by Gasteiger charge is -2.10. The third-order valence-electron chi connectivity index (χ3n) is 3.32. The number of aromatic nitrogens is 2. The minimum absolute atomic E-state index is 0.172. The topological polar surface area (TPSA) is 89.3 Å². The van der Waals surface area contributed by atoms with Gasteiger partial charge in [0.05, 0.1) is 38.0 Å². The van der Waals surface area contributed by atoms with Gasteiger partial charge in [-0.15, -0.1) is 0 Å². The number of methoxy groups -OCH3 is 1. The molecule has 0 aliphatic rings. The Balaban J connectivity index is 1.65. The van der Waals surface area contributed by atoms with Crippen LogP contribution in [0.2, 0.25) is 5.02 Å². The molecule has 2 heterocycles. The fourth-order valence-electron chi connectivity index (χ4n) is 2.09. The van der Waals surface area contributed by atoms with Crippen LogP contribution in [0.25, 0.3) is 0 Å². The lowest BCUT2D eigenvalue weighted by Crippen LogP contribution is -2.15. The van der Waals surface area contributed by atoms with Crippen molar-refractivity contribution in [2.24, 2.45) is 0 Å². The second-order valence-corrected chi connectivity index (χ2v) is 5.45. The van der Waals surface area contributed by atoms with Gasteiger partial charge in [-0.2, -0.15) is 0 Å². The average Bonchev–Trinajstić information content (AvgIpc) is 3.14. The van der Waals surface area contributed by atoms with Crippen molar-refractivity contribution in [2.75, 3.05) is 17.7 Å². The Bertz CT molecular complexity index is 851. The van der Waals surface area contributed by atoms with Gasteiger partial charge in [0.1, 0.15) is 23.0 Å². The first-order valence-corrected chi connectivity index (χ1v) is 7.76. The molecule has 0 spiro atoms. The molecule has 0 unspecified atom stereocenters. The van der Waals surface area contributed by atoms with Gasteiger partial charge < -0.3 is 19.8 Å². The SMILES string of the molecule is COc1ccc(Cl)cc1NC(=O)c1cnc(NCc2ccco2)cn1. The summed E-state index contributed by atoms with van der Waals surface area (Å²) < 4.78 is 10.4. The van der Waals surface area contributed by atoms with Crippen molar-refractivity contribution in [2.45, 2.75) is 6.54 Å². The number of benzene rings is 1. The molecule has 0 saturated heterocycles. The second kappa shape index (κ2) is 7.67. The van der Waals surface area contributed by atoms with Crippen molar-refractivity contribution < 1.29 is 13.9 Å². The smallest absolute Gasteiger partial charge is 0.275 e. The Kier molecular flexibility index (Phi) is 5.15. The first-order chi connectivity index (χ1) is 12.2. The molecule has 3 aromatic rings. The molecule has 0 bridgehead atoms. The fourth-order valence-corrected chi connectivity index (χ4v) is 2.26. The Morgan fingerprint density at radius 2 is 2.16 bits per heavy atom. The monoisotopic (exact) mass is 358 g/mol. The molecule has 0 radical (unpaired) electrons. The largest absolute Gasteiger partial charge is 0.495 e. The van der Waals surface area contributed by atoms with Gasteiger partial charge in [0.15, 0.2) is 0 Å². The molecule has 1 aromatic carbocycles. The van der Waals surface area contributed by atoms with E-state index in [0.29, 0.717) is 28.8 Å². The molecule has 2 N–H and O–H groups in total. The Morgan fingerprint density at radius 3 is 2.84 bits per heavy atom. The molecule has 0 atom stereocenters. The number of hydrogen-bond acceptors (Lipinski definition) is 6. The summed E-state index contributed by atoms with van der Waals surface area (Å²) in [6.07, 6.45) is 4.46. The van der Waals surface area contributed by atoms with Crippen LogP contribution in [0.3, 0.4) is 0 Å². The number of rotatable bonds is 6. The van der Waals surface area contributed by atoms with Gasteiger partial charge in [-0.25, -0.2) is 9.97 Å². The van der Waals surface area contributed by atoms with E-state index in [2.05, 4.69) is 20.6 Å². The lowest BCUT2D eigenvalue weighted by molar-refractivity contribution is 0.102. The number of nitrogens with zero attached hydrogens (tertiary/aromatic N) is 2. The van der Waals surface area contributed by atoms with Crippen LogP contribution in [-0.4, -0.2) is 23.0 Å². The predicted octanol–water partition coefficient (Wildman–Crippen LogP) is 3.60. The molecular formula is C17H15ClN4O3. The first kappa shape index (κ1) is 16.8. The molecule has 2 aromatic heterocycles. The maximum atomic E-state index is 12.3. The van der Waals surface area contributed by atoms with Gasteiger partial charge in [0.25, 0.3) is 5.91 Å². The average molecular weight is 359 g/mol. The number of carbonyl (C=O) groups is 1. The van der Waals surface area contributed by atoms with Gasteiger partial charge >= 0.3 is 0 Å². The number of carbonyl (C=O) groups excluding carboxylic acids is 1. The standard InChI is InChI=1S/C17H15ClN4O3/c1-24-15-5-4-11(18)7-13(15)22-17(23)14-9-21-16(10-19-14)20-8-12-3-2-6-25-12/h2-7,9-10H,8H2,1H3,(H,20,21)(H,22,23). The normalized spacial score (nSPS) is 10.3. The molecule has 0 aliphatic heterocycles. The summed E-state index contributed by atoms with van der Waals surface area (Å²) in [6.45, 7) is 0.479. The van der Waals surface area contributed by atoms with Crippen molar-refractivity contribution >= 4 is 29.0 Å². The summed E-state index contributed by atoms with van der Waals surface area (Å²) in [7, 11) is 1.51. The maximum absolute atomic E-state index is 12.3. The quantitative estimate of drug-likeness (QED) is 0.699.